The molecule has 1 aliphatic heterocycles. The van der Waals surface area contributed by atoms with E-state index in [1.165, 1.54) is 4.90 Å². The van der Waals surface area contributed by atoms with Gasteiger partial charge in [-0.25, -0.2) is 0 Å². The highest BCUT2D eigenvalue weighted by Crippen LogP contribution is 2.18. The van der Waals surface area contributed by atoms with Crippen molar-refractivity contribution in [2.45, 2.75) is 52.4 Å². The Balaban J connectivity index is 1.66. The van der Waals surface area contributed by atoms with E-state index in [1.54, 1.807) is 0 Å². The lowest BCUT2D eigenvalue weighted by molar-refractivity contribution is -0.138. The summed E-state index contributed by atoms with van der Waals surface area (Å²) in [5, 5.41) is 2.94. The quantitative estimate of drug-likeness (QED) is 0.621. The Morgan fingerprint density at radius 1 is 1.09 bits per heavy atom. The van der Waals surface area contributed by atoms with Gasteiger partial charge in [0, 0.05) is 31.5 Å². The highest BCUT2D eigenvalue weighted by molar-refractivity contribution is 6.01. The van der Waals surface area contributed by atoms with E-state index < -0.39 is 0 Å². The number of anilines is 1. The van der Waals surface area contributed by atoms with Crippen LogP contribution in [0.1, 0.15) is 49.7 Å². The van der Waals surface area contributed by atoms with Gasteiger partial charge in [0.1, 0.15) is 0 Å². The molecule has 23 heavy (non-hydrogen) atoms. The number of rotatable bonds is 7. The molecule has 1 fully saturated rings. The highest BCUT2D eigenvalue weighted by Gasteiger charge is 2.27. The van der Waals surface area contributed by atoms with Crippen molar-refractivity contribution in [3.8, 4) is 0 Å². The molecule has 5 heteroatoms. The van der Waals surface area contributed by atoms with Crippen LogP contribution in [-0.4, -0.2) is 29.2 Å². The number of unbranched alkanes of at least 4 members (excludes halogenated alkanes) is 2. The molecule has 1 aromatic rings. The zero-order valence-corrected chi connectivity index (χ0v) is 13.9. The molecule has 0 unspecified atom stereocenters. The fraction of sp³-hybridized carbons (Fsp3) is 0.500. The fourth-order valence-corrected chi connectivity index (χ4v) is 2.70. The van der Waals surface area contributed by atoms with Crippen LogP contribution < -0.4 is 5.32 Å². The molecule has 124 valence electrons. The van der Waals surface area contributed by atoms with E-state index in [4.69, 9.17) is 0 Å². The number of hydrogen-bond acceptors (Lipinski definition) is 3. The highest BCUT2D eigenvalue weighted by atomic mass is 16.2. The summed E-state index contributed by atoms with van der Waals surface area (Å²) in [6, 6.07) is 5.86. The largest absolute Gasteiger partial charge is 0.326 e. The Hall–Kier alpha value is -2.17. The third-order valence-electron chi connectivity index (χ3n) is 4.32. The second-order valence-electron chi connectivity index (χ2n) is 6.05. The molecule has 5 nitrogen and oxygen atoms in total. The summed E-state index contributed by atoms with van der Waals surface area (Å²) in [6.07, 6.45) is 3.49. The van der Waals surface area contributed by atoms with E-state index in [0.717, 1.165) is 36.1 Å². The van der Waals surface area contributed by atoms with Crippen LogP contribution in [-0.2, 0) is 14.4 Å². The molecule has 0 saturated carbocycles. The number of nitrogens with one attached hydrogen (secondary N) is 1. The van der Waals surface area contributed by atoms with Crippen LogP contribution >= 0.6 is 0 Å². The minimum atomic E-state index is -0.0670. The molecule has 0 aromatic heterocycles. The molecule has 1 saturated heterocycles. The van der Waals surface area contributed by atoms with E-state index in [0.29, 0.717) is 25.8 Å². The van der Waals surface area contributed by atoms with E-state index in [1.807, 2.05) is 32.0 Å². The minimum Gasteiger partial charge on any atom is -0.326 e. The number of carbonyl (C=O) groups excluding carboxylic acids is 3. The van der Waals surface area contributed by atoms with Crippen molar-refractivity contribution in [1.82, 2.24) is 4.90 Å². The van der Waals surface area contributed by atoms with Gasteiger partial charge < -0.3 is 5.32 Å². The van der Waals surface area contributed by atoms with Crippen LogP contribution in [0, 0.1) is 13.8 Å². The molecule has 1 N–H and O–H groups in total. The SMILES string of the molecule is Cc1cccc(NC(=O)CCCCCN2C(=O)CCC2=O)c1C. The average Bonchev–Trinajstić information content (AvgIpc) is 2.83. The second-order valence-corrected chi connectivity index (χ2v) is 6.05. The fourth-order valence-electron chi connectivity index (χ4n) is 2.70. The van der Waals surface area contributed by atoms with Crippen LogP contribution in [0.5, 0.6) is 0 Å². The zero-order chi connectivity index (χ0) is 16.8. The van der Waals surface area contributed by atoms with Crippen molar-refractivity contribution in [2.75, 3.05) is 11.9 Å². The van der Waals surface area contributed by atoms with Gasteiger partial charge >= 0.3 is 0 Å². The Kier molecular flexibility index (Phi) is 5.90. The molecule has 0 spiro atoms. The Morgan fingerprint density at radius 3 is 2.48 bits per heavy atom. The predicted octanol–water partition coefficient (Wildman–Crippen LogP) is 2.95. The van der Waals surface area contributed by atoms with Gasteiger partial charge in [0.25, 0.3) is 0 Å². The summed E-state index contributed by atoms with van der Waals surface area (Å²) < 4.78 is 0. The van der Waals surface area contributed by atoms with E-state index in [9.17, 15) is 14.4 Å². The number of amides is 3. The molecule has 1 aromatic carbocycles. The molecule has 0 radical (unpaired) electrons. The number of nitrogens with zero attached hydrogens (tertiary/aromatic N) is 1. The molecule has 0 bridgehead atoms. The van der Waals surface area contributed by atoms with Crippen molar-refractivity contribution in [1.29, 1.82) is 0 Å². The van der Waals surface area contributed by atoms with Crippen molar-refractivity contribution in [3.63, 3.8) is 0 Å². The standard InChI is InChI=1S/C18H24N2O3/c1-13-7-6-8-15(14(13)2)19-16(21)9-4-3-5-12-20-17(22)10-11-18(20)23/h6-8H,3-5,9-12H2,1-2H3,(H,19,21). The lowest BCUT2D eigenvalue weighted by Crippen LogP contribution is -2.29. The zero-order valence-electron chi connectivity index (χ0n) is 13.9. The van der Waals surface area contributed by atoms with Crippen LogP contribution in [0.2, 0.25) is 0 Å². The van der Waals surface area contributed by atoms with Crippen molar-refractivity contribution >= 4 is 23.4 Å². The number of imide groups is 1. The number of hydrogen-bond donors (Lipinski definition) is 1. The topological polar surface area (TPSA) is 66.5 Å². The van der Waals surface area contributed by atoms with Gasteiger partial charge in [0.2, 0.25) is 17.7 Å². The summed E-state index contributed by atoms with van der Waals surface area (Å²) in [4.78, 5) is 36.2. The maximum Gasteiger partial charge on any atom is 0.229 e. The minimum absolute atomic E-state index is 0.00650. The van der Waals surface area contributed by atoms with E-state index in [2.05, 4.69) is 5.32 Å². The number of benzene rings is 1. The van der Waals surface area contributed by atoms with Crippen LogP contribution in [0.25, 0.3) is 0 Å². The van der Waals surface area contributed by atoms with Gasteiger partial charge in [-0.1, -0.05) is 18.6 Å². The molecule has 2 rings (SSSR count). The third kappa shape index (κ3) is 4.65. The smallest absolute Gasteiger partial charge is 0.229 e. The van der Waals surface area contributed by atoms with Gasteiger partial charge in [0.15, 0.2) is 0 Å². The molecular formula is C18H24N2O3. The lowest BCUT2D eigenvalue weighted by Gasteiger charge is -2.13. The lowest BCUT2D eigenvalue weighted by atomic mass is 10.1. The van der Waals surface area contributed by atoms with E-state index >= 15 is 0 Å². The monoisotopic (exact) mass is 316 g/mol. The molecule has 3 amide bonds. The predicted molar refractivity (Wildman–Crippen MR) is 89.0 cm³/mol. The second kappa shape index (κ2) is 7.90. The van der Waals surface area contributed by atoms with Gasteiger partial charge in [0.05, 0.1) is 0 Å². The Morgan fingerprint density at radius 2 is 1.78 bits per heavy atom. The molecule has 0 atom stereocenters. The first kappa shape index (κ1) is 17.2. The molecule has 1 heterocycles. The Labute approximate surface area is 137 Å². The third-order valence-corrected chi connectivity index (χ3v) is 4.32. The van der Waals surface area contributed by atoms with Crippen LogP contribution in [0.15, 0.2) is 18.2 Å². The van der Waals surface area contributed by atoms with E-state index in [-0.39, 0.29) is 17.7 Å². The number of aryl methyl sites for hydroxylation is 1. The van der Waals surface area contributed by atoms with Gasteiger partial charge in [-0.15, -0.1) is 0 Å². The summed E-state index contributed by atoms with van der Waals surface area (Å²) >= 11 is 0. The number of carbonyl (C=O) groups is 3. The summed E-state index contributed by atoms with van der Waals surface area (Å²) in [7, 11) is 0. The van der Waals surface area contributed by atoms with Crippen LogP contribution in [0.3, 0.4) is 0 Å². The molecular weight excluding hydrogens is 292 g/mol. The maximum absolute atomic E-state index is 12.0. The van der Waals surface area contributed by atoms with Gasteiger partial charge in [-0.2, -0.15) is 0 Å². The first-order valence-electron chi connectivity index (χ1n) is 8.18. The van der Waals surface area contributed by atoms with Crippen LogP contribution in [0.4, 0.5) is 5.69 Å². The first-order valence-corrected chi connectivity index (χ1v) is 8.18. The molecule has 1 aliphatic rings. The van der Waals surface area contributed by atoms with Gasteiger partial charge in [-0.05, 0) is 43.9 Å². The normalized spacial score (nSPS) is 14.4. The maximum atomic E-state index is 12.0. The summed E-state index contributed by atoms with van der Waals surface area (Å²) in [6.45, 7) is 4.50. The summed E-state index contributed by atoms with van der Waals surface area (Å²) in [5.41, 5.74) is 3.11. The average molecular weight is 316 g/mol. The Bertz CT molecular complexity index is 594. The van der Waals surface area contributed by atoms with Gasteiger partial charge in [-0.3, -0.25) is 19.3 Å². The van der Waals surface area contributed by atoms with Crippen molar-refractivity contribution in [3.05, 3.63) is 29.3 Å². The number of likely N-dealkylation sites (tertiary alicyclic amines) is 1. The van der Waals surface area contributed by atoms with Crippen molar-refractivity contribution < 1.29 is 14.4 Å². The molecule has 0 aliphatic carbocycles. The first-order chi connectivity index (χ1) is 11.0. The summed E-state index contributed by atoms with van der Waals surface area (Å²) in [5.74, 6) is -0.127. The van der Waals surface area contributed by atoms with Crippen molar-refractivity contribution in [2.24, 2.45) is 0 Å².